The third kappa shape index (κ3) is 3.48. The topological polar surface area (TPSA) is 70.4 Å². The number of piperazine rings is 1. The standard InChI is InChI=1S/C17H23N7O/c1-21(14-7-8-14)16(25)13-22-9-11-23(12-10-22)17-18-19-20-24(17)15-5-3-2-4-6-15/h2-6,14H,7-13H2,1H3. The number of tetrazole rings is 1. The summed E-state index contributed by atoms with van der Waals surface area (Å²) in [7, 11) is 1.92. The van der Waals surface area contributed by atoms with E-state index in [0.717, 1.165) is 50.7 Å². The molecule has 8 nitrogen and oxygen atoms in total. The first-order valence-corrected chi connectivity index (χ1v) is 8.79. The normalized spacial score (nSPS) is 18.4. The summed E-state index contributed by atoms with van der Waals surface area (Å²) in [5.74, 6) is 0.984. The Morgan fingerprint density at radius 3 is 2.56 bits per heavy atom. The number of aromatic nitrogens is 4. The van der Waals surface area contributed by atoms with E-state index in [9.17, 15) is 4.79 Å². The summed E-state index contributed by atoms with van der Waals surface area (Å²) in [6.07, 6.45) is 2.30. The average molecular weight is 341 g/mol. The Morgan fingerprint density at radius 1 is 1.16 bits per heavy atom. The van der Waals surface area contributed by atoms with E-state index in [1.165, 1.54) is 0 Å². The molecular weight excluding hydrogens is 318 g/mol. The fraction of sp³-hybridized carbons (Fsp3) is 0.529. The van der Waals surface area contributed by atoms with Gasteiger partial charge in [0, 0.05) is 39.3 Å². The fourth-order valence-corrected chi connectivity index (χ4v) is 3.19. The summed E-state index contributed by atoms with van der Waals surface area (Å²) in [5.41, 5.74) is 0.950. The molecule has 1 aromatic carbocycles. The van der Waals surface area contributed by atoms with Gasteiger partial charge in [-0.05, 0) is 35.4 Å². The fourth-order valence-electron chi connectivity index (χ4n) is 3.19. The molecule has 2 aromatic rings. The lowest BCUT2D eigenvalue weighted by atomic mass is 10.3. The third-order valence-electron chi connectivity index (χ3n) is 4.96. The van der Waals surface area contributed by atoms with E-state index in [1.54, 1.807) is 4.68 Å². The van der Waals surface area contributed by atoms with Crippen molar-refractivity contribution in [1.29, 1.82) is 0 Å². The van der Waals surface area contributed by atoms with Crippen LogP contribution in [0.4, 0.5) is 5.95 Å². The van der Waals surface area contributed by atoms with Gasteiger partial charge >= 0.3 is 0 Å². The first kappa shape index (κ1) is 16.0. The summed E-state index contributed by atoms with van der Waals surface area (Å²) in [6.45, 7) is 3.81. The summed E-state index contributed by atoms with van der Waals surface area (Å²) in [6, 6.07) is 10.4. The molecule has 0 unspecified atom stereocenters. The number of anilines is 1. The third-order valence-corrected chi connectivity index (χ3v) is 4.96. The molecule has 1 saturated carbocycles. The maximum Gasteiger partial charge on any atom is 0.250 e. The van der Waals surface area contributed by atoms with E-state index in [4.69, 9.17) is 0 Å². The predicted molar refractivity (Wildman–Crippen MR) is 93.6 cm³/mol. The Kier molecular flexibility index (Phi) is 4.35. The highest BCUT2D eigenvalue weighted by Gasteiger charge is 2.31. The number of rotatable bonds is 5. The maximum atomic E-state index is 12.3. The van der Waals surface area contributed by atoms with Crippen LogP contribution in [0.2, 0.25) is 0 Å². The molecule has 1 aliphatic carbocycles. The summed E-state index contributed by atoms with van der Waals surface area (Å²) < 4.78 is 1.77. The van der Waals surface area contributed by atoms with Crippen molar-refractivity contribution in [1.82, 2.24) is 30.0 Å². The van der Waals surface area contributed by atoms with E-state index >= 15 is 0 Å². The zero-order valence-electron chi connectivity index (χ0n) is 14.5. The van der Waals surface area contributed by atoms with Gasteiger partial charge in [-0.3, -0.25) is 9.69 Å². The van der Waals surface area contributed by atoms with Gasteiger partial charge in [-0.1, -0.05) is 23.3 Å². The molecule has 0 atom stereocenters. The van der Waals surface area contributed by atoms with Crippen LogP contribution in [-0.4, -0.2) is 81.7 Å². The number of likely N-dealkylation sites (N-methyl/N-ethyl adjacent to an activating group) is 1. The van der Waals surface area contributed by atoms with Crippen molar-refractivity contribution in [2.45, 2.75) is 18.9 Å². The van der Waals surface area contributed by atoms with Gasteiger partial charge in [0.15, 0.2) is 0 Å². The van der Waals surface area contributed by atoms with Crippen LogP contribution in [0.25, 0.3) is 5.69 Å². The number of para-hydroxylation sites is 1. The van der Waals surface area contributed by atoms with Crippen molar-refractivity contribution in [3.63, 3.8) is 0 Å². The van der Waals surface area contributed by atoms with Gasteiger partial charge in [-0.25, -0.2) is 0 Å². The number of carbonyl (C=O) groups is 1. The maximum absolute atomic E-state index is 12.3. The van der Waals surface area contributed by atoms with Gasteiger partial charge < -0.3 is 9.80 Å². The van der Waals surface area contributed by atoms with Crippen LogP contribution in [0.1, 0.15) is 12.8 Å². The average Bonchev–Trinajstić information content (AvgIpc) is 3.39. The van der Waals surface area contributed by atoms with Crippen molar-refractivity contribution in [3.8, 4) is 5.69 Å². The van der Waals surface area contributed by atoms with Gasteiger partial charge in [0.2, 0.25) is 11.9 Å². The molecule has 2 heterocycles. The van der Waals surface area contributed by atoms with E-state index in [-0.39, 0.29) is 5.91 Å². The van der Waals surface area contributed by atoms with Crippen LogP contribution in [0, 0.1) is 0 Å². The molecule has 1 saturated heterocycles. The van der Waals surface area contributed by atoms with Crippen molar-refractivity contribution < 1.29 is 4.79 Å². The van der Waals surface area contributed by atoms with Crippen molar-refractivity contribution in [3.05, 3.63) is 30.3 Å². The Morgan fingerprint density at radius 2 is 1.88 bits per heavy atom. The molecule has 4 rings (SSSR count). The zero-order valence-corrected chi connectivity index (χ0v) is 14.5. The lowest BCUT2D eigenvalue weighted by Crippen LogP contribution is -2.50. The number of benzene rings is 1. The van der Waals surface area contributed by atoms with Crippen LogP contribution in [0.3, 0.4) is 0 Å². The van der Waals surface area contributed by atoms with Crippen LogP contribution in [-0.2, 0) is 4.79 Å². The van der Waals surface area contributed by atoms with Gasteiger partial charge in [0.05, 0.1) is 12.2 Å². The number of amides is 1. The molecule has 0 spiro atoms. The largest absolute Gasteiger partial charge is 0.342 e. The predicted octanol–water partition coefficient (Wildman–Crippen LogP) is 0.405. The molecule has 8 heteroatoms. The lowest BCUT2D eigenvalue weighted by Gasteiger charge is -2.35. The molecule has 25 heavy (non-hydrogen) atoms. The second-order valence-corrected chi connectivity index (χ2v) is 6.73. The number of hydrogen-bond acceptors (Lipinski definition) is 6. The van der Waals surface area contributed by atoms with Crippen LogP contribution in [0.5, 0.6) is 0 Å². The van der Waals surface area contributed by atoms with Crippen LogP contribution in [0.15, 0.2) is 30.3 Å². The van der Waals surface area contributed by atoms with Gasteiger partial charge in [-0.2, -0.15) is 4.68 Å². The summed E-state index contributed by atoms with van der Waals surface area (Å²) in [5, 5.41) is 12.2. The van der Waals surface area contributed by atoms with E-state index < -0.39 is 0 Å². The molecule has 2 aliphatic rings. The summed E-state index contributed by atoms with van der Waals surface area (Å²) >= 11 is 0. The first-order valence-electron chi connectivity index (χ1n) is 8.79. The Labute approximate surface area is 147 Å². The monoisotopic (exact) mass is 341 g/mol. The Bertz CT molecular complexity index is 720. The minimum Gasteiger partial charge on any atom is -0.342 e. The van der Waals surface area contributed by atoms with Crippen LogP contribution < -0.4 is 4.90 Å². The van der Waals surface area contributed by atoms with Crippen molar-refractivity contribution in [2.75, 3.05) is 44.7 Å². The number of carbonyl (C=O) groups excluding carboxylic acids is 1. The lowest BCUT2D eigenvalue weighted by molar-refractivity contribution is -0.131. The van der Waals surface area contributed by atoms with Crippen molar-refractivity contribution >= 4 is 11.9 Å². The minimum absolute atomic E-state index is 0.227. The van der Waals surface area contributed by atoms with Gasteiger partial charge in [0.25, 0.3) is 0 Å². The summed E-state index contributed by atoms with van der Waals surface area (Å²) in [4.78, 5) is 18.6. The molecular formula is C17H23N7O. The van der Waals surface area contributed by atoms with E-state index in [1.807, 2.05) is 42.3 Å². The molecule has 0 bridgehead atoms. The zero-order chi connectivity index (χ0) is 17.2. The molecule has 2 fully saturated rings. The molecule has 1 aliphatic heterocycles. The smallest absolute Gasteiger partial charge is 0.250 e. The van der Waals surface area contributed by atoms with Gasteiger partial charge in [0.1, 0.15) is 0 Å². The molecule has 1 amide bonds. The minimum atomic E-state index is 0.227. The second-order valence-electron chi connectivity index (χ2n) is 6.73. The van der Waals surface area contributed by atoms with Crippen LogP contribution >= 0.6 is 0 Å². The highest BCUT2D eigenvalue weighted by atomic mass is 16.2. The van der Waals surface area contributed by atoms with Crippen molar-refractivity contribution in [2.24, 2.45) is 0 Å². The molecule has 1 aromatic heterocycles. The first-order chi connectivity index (χ1) is 12.2. The molecule has 0 radical (unpaired) electrons. The van der Waals surface area contributed by atoms with E-state index in [2.05, 4.69) is 25.3 Å². The highest BCUT2D eigenvalue weighted by molar-refractivity contribution is 5.78. The number of nitrogens with zero attached hydrogens (tertiary/aromatic N) is 7. The molecule has 0 N–H and O–H groups in total. The van der Waals surface area contributed by atoms with Gasteiger partial charge in [-0.15, -0.1) is 0 Å². The Hall–Kier alpha value is -2.48. The number of hydrogen-bond donors (Lipinski definition) is 0. The molecule has 132 valence electrons. The highest BCUT2D eigenvalue weighted by Crippen LogP contribution is 2.25. The SMILES string of the molecule is CN(C(=O)CN1CCN(c2nnnn2-c2ccccc2)CC1)C1CC1. The second kappa shape index (κ2) is 6.79. The quantitative estimate of drug-likeness (QED) is 0.784. The Balaban J connectivity index is 1.36. The van der Waals surface area contributed by atoms with E-state index in [0.29, 0.717) is 12.6 Å².